The maximum atomic E-state index is 12.9. The van der Waals surface area contributed by atoms with Crippen molar-refractivity contribution in [2.45, 2.75) is 45.6 Å². The first-order chi connectivity index (χ1) is 11.0. The van der Waals surface area contributed by atoms with Crippen LogP contribution in [0.25, 0.3) is 0 Å². The molecular weight excluding hydrogens is 314 g/mol. The lowest BCUT2D eigenvalue weighted by Gasteiger charge is -2.36. The maximum Gasteiger partial charge on any atom is 0.215 e. The second-order valence-corrected chi connectivity index (χ2v) is 8.89. The summed E-state index contributed by atoms with van der Waals surface area (Å²) < 4.78 is 38.8. The van der Waals surface area contributed by atoms with E-state index in [1.807, 2.05) is 19.1 Å². The number of rotatable bonds is 5. The quantitative estimate of drug-likeness (QED) is 0.826. The average molecular weight is 341 g/mol. The highest BCUT2D eigenvalue weighted by Crippen LogP contribution is 2.37. The number of aryl methyl sites for hydroxylation is 1. The fourth-order valence-corrected chi connectivity index (χ4v) is 5.59. The van der Waals surface area contributed by atoms with Crippen LogP contribution in [-0.4, -0.2) is 38.2 Å². The standard InChI is InChI=1S/C17H27NO4S/c1-3-15-4-5-17(22-15)16-10-13(2)6-8-18(16)23(19,20)12-14-7-9-21-11-14/h4-5,13-14,16H,3,6-12H2,1-2H3/t13-,14+,16+/m1/s1. The van der Waals surface area contributed by atoms with Crippen molar-refractivity contribution in [3.8, 4) is 0 Å². The van der Waals surface area contributed by atoms with E-state index in [1.165, 1.54) is 0 Å². The molecule has 2 aliphatic rings. The zero-order valence-electron chi connectivity index (χ0n) is 14.0. The van der Waals surface area contributed by atoms with Crippen molar-refractivity contribution in [3.63, 3.8) is 0 Å². The van der Waals surface area contributed by atoms with Crippen LogP contribution in [0, 0.1) is 11.8 Å². The van der Waals surface area contributed by atoms with Crippen molar-refractivity contribution in [3.05, 3.63) is 23.7 Å². The first-order valence-electron chi connectivity index (χ1n) is 8.65. The summed E-state index contributed by atoms with van der Waals surface area (Å²) in [7, 11) is -3.29. The molecule has 0 unspecified atom stereocenters. The Kier molecular flexibility index (Phi) is 5.13. The van der Waals surface area contributed by atoms with Crippen molar-refractivity contribution < 1.29 is 17.6 Å². The summed E-state index contributed by atoms with van der Waals surface area (Å²) in [4.78, 5) is 0. The molecular formula is C17H27NO4S. The molecule has 0 N–H and O–H groups in total. The van der Waals surface area contributed by atoms with E-state index in [4.69, 9.17) is 9.15 Å². The third kappa shape index (κ3) is 3.80. The molecule has 2 aliphatic heterocycles. The first kappa shape index (κ1) is 17.0. The summed E-state index contributed by atoms with van der Waals surface area (Å²) in [6, 6.07) is 3.75. The van der Waals surface area contributed by atoms with E-state index in [9.17, 15) is 8.42 Å². The van der Waals surface area contributed by atoms with Crippen LogP contribution in [0.15, 0.2) is 16.5 Å². The Bertz CT molecular complexity index is 618. The van der Waals surface area contributed by atoms with Gasteiger partial charge in [-0.2, -0.15) is 4.31 Å². The van der Waals surface area contributed by atoms with Crippen molar-refractivity contribution in [1.82, 2.24) is 4.31 Å². The highest BCUT2D eigenvalue weighted by Gasteiger charge is 2.38. The Morgan fingerprint density at radius 3 is 2.78 bits per heavy atom. The van der Waals surface area contributed by atoms with E-state index in [1.54, 1.807) is 4.31 Å². The summed E-state index contributed by atoms with van der Waals surface area (Å²) in [6.45, 7) is 6.06. The summed E-state index contributed by atoms with van der Waals surface area (Å²) in [6.07, 6.45) is 3.42. The zero-order chi connectivity index (χ0) is 16.4. The van der Waals surface area contributed by atoms with Crippen LogP contribution < -0.4 is 0 Å². The molecule has 3 atom stereocenters. The Hall–Kier alpha value is -0.850. The monoisotopic (exact) mass is 341 g/mol. The minimum absolute atomic E-state index is 0.128. The molecule has 2 saturated heterocycles. The third-order valence-electron chi connectivity index (χ3n) is 5.00. The molecule has 5 nitrogen and oxygen atoms in total. The number of sulfonamides is 1. The lowest BCUT2D eigenvalue weighted by atomic mass is 9.93. The molecule has 1 aromatic heterocycles. The van der Waals surface area contributed by atoms with Crippen LogP contribution in [0.3, 0.4) is 0 Å². The largest absolute Gasteiger partial charge is 0.464 e. The van der Waals surface area contributed by atoms with Gasteiger partial charge in [-0.1, -0.05) is 13.8 Å². The fraction of sp³-hybridized carbons (Fsp3) is 0.765. The molecule has 0 aliphatic carbocycles. The van der Waals surface area contributed by atoms with Crippen LogP contribution in [0.2, 0.25) is 0 Å². The van der Waals surface area contributed by atoms with E-state index >= 15 is 0 Å². The molecule has 23 heavy (non-hydrogen) atoms. The van der Waals surface area contributed by atoms with Gasteiger partial charge in [-0.3, -0.25) is 0 Å². The average Bonchev–Trinajstić information content (AvgIpc) is 3.17. The number of furan rings is 1. The normalized spacial score (nSPS) is 29.9. The Labute approximate surface area is 139 Å². The Morgan fingerprint density at radius 1 is 1.30 bits per heavy atom. The van der Waals surface area contributed by atoms with Gasteiger partial charge in [-0.15, -0.1) is 0 Å². The third-order valence-corrected chi connectivity index (χ3v) is 7.05. The zero-order valence-corrected chi connectivity index (χ0v) is 14.8. The van der Waals surface area contributed by atoms with E-state index in [0.717, 1.165) is 37.2 Å². The van der Waals surface area contributed by atoms with Gasteiger partial charge in [0.05, 0.1) is 18.4 Å². The van der Waals surface area contributed by atoms with E-state index < -0.39 is 10.0 Å². The highest BCUT2D eigenvalue weighted by molar-refractivity contribution is 7.89. The minimum Gasteiger partial charge on any atom is -0.464 e. The predicted octanol–water partition coefficient (Wildman–Crippen LogP) is 2.98. The van der Waals surface area contributed by atoms with Gasteiger partial charge in [0.2, 0.25) is 10.0 Å². The molecule has 130 valence electrons. The SMILES string of the molecule is CCc1ccc([C@@H]2C[C@H](C)CCN2S(=O)(=O)C[C@H]2CCOC2)o1. The van der Waals surface area contributed by atoms with Crippen LogP contribution in [0.5, 0.6) is 0 Å². The molecule has 0 aromatic carbocycles. The molecule has 2 fully saturated rings. The second kappa shape index (κ2) is 6.95. The highest BCUT2D eigenvalue weighted by atomic mass is 32.2. The summed E-state index contributed by atoms with van der Waals surface area (Å²) >= 11 is 0. The lowest BCUT2D eigenvalue weighted by molar-refractivity contribution is 0.179. The molecule has 0 radical (unpaired) electrons. The van der Waals surface area contributed by atoms with Gasteiger partial charge in [0, 0.05) is 19.6 Å². The fourth-order valence-electron chi connectivity index (χ4n) is 3.58. The predicted molar refractivity (Wildman–Crippen MR) is 88.6 cm³/mol. The first-order valence-corrected chi connectivity index (χ1v) is 10.3. The van der Waals surface area contributed by atoms with Crippen LogP contribution in [-0.2, 0) is 21.2 Å². The van der Waals surface area contributed by atoms with Crippen molar-refractivity contribution in [2.24, 2.45) is 11.8 Å². The van der Waals surface area contributed by atoms with Gasteiger partial charge in [0.25, 0.3) is 0 Å². The molecule has 1 aromatic rings. The van der Waals surface area contributed by atoms with Gasteiger partial charge in [-0.05, 0) is 43.2 Å². The number of ether oxygens (including phenoxy) is 1. The van der Waals surface area contributed by atoms with Gasteiger partial charge in [0.1, 0.15) is 11.5 Å². The van der Waals surface area contributed by atoms with Crippen LogP contribution in [0.4, 0.5) is 0 Å². The lowest BCUT2D eigenvalue weighted by Crippen LogP contribution is -2.42. The Morgan fingerprint density at radius 2 is 2.13 bits per heavy atom. The van der Waals surface area contributed by atoms with Crippen LogP contribution >= 0.6 is 0 Å². The summed E-state index contributed by atoms with van der Waals surface area (Å²) in [5.74, 6) is 2.54. The van der Waals surface area contributed by atoms with Gasteiger partial charge < -0.3 is 9.15 Å². The molecule has 6 heteroatoms. The van der Waals surface area contributed by atoms with Crippen molar-refractivity contribution in [2.75, 3.05) is 25.5 Å². The number of piperidine rings is 1. The number of hydrogen-bond acceptors (Lipinski definition) is 4. The topological polar surface area (TPSA) is 59.8 Å². The van der Waals surface area contributed by atoms with E-state index in [-0.39, 0.29) is 17.7 Å². The number of hydrogen-bond donors (Lipinski definition) is 0. The molecule has 0 spiro atoms. The van der Waals surface area contributed by atoms with Crippen LogP contribution in [0.1, 0.15) is 50.7 Å². The van der Waals surface area contributed by atoms with Crippen molar-refractivity contribution >= 4 is 10.0 Å². The summed E-state index contributed by atoms with van der Waals surface area (Å²) in [5.41, 5.74) is 0. The maximum absolute atomic E-state index is 12.9. The molecule has 0 amide bonds. The number of nitrogens with zero attached hydrogens (tertiary/aromatic N) is 1. The molecule has 0 saturated carbocycles. The second-order valence-electron chi connectivity index (χ2n) is 6.92. The minimum atomic E-state index is -3.29. The van der Waals surface area contributed by atoms with Crippen molar-refractivity contribution in [1.29, 1.82) is 0 Å². The molecule has 3 rings (SSSR count). The van der Waals surface area contributed by atoms with E-state index in [0.29, 0.717) is 25.7 Å². The smallest absolute Gasteiger partial charge is 0.215 e. The molecule has 0 bridgehead atoms. The van der Waals surface area contributed by atoms with E-state index in [2.05, 4.69) is 6.92 Å². The Balaban J connectivity index is 1.81. The summed E-state index contributed by atoms with van der Waals surface area (Å²) in [5, 5.41) is 0. The molecule has 3 heterocycles. The van der Waals surface area contributed by atoms with Gasteiger partial charge in [0.15, 0.2) is 0 Å². The van der Waals surface area contributed by atoms with Gasteiger partial charge in [-0.25, -0.2) is 8.42 Å². The van der Waals surface area contributed by atoms with Gasteiger partial charge >= 0.3 is 0 Å².